The lowest BCUT2D eigenvalue weighted by Gasteiger charge is -2.27. The molecule has 0 fully saturated rings. The molecular weight excluding hydrogens is 304 g/mol. The first-order chi connectivity index (χ1) is 11.2. The van der Waals surface area contributed by atoms with Crippen molar-refractivity contribution in [2.24, 2.45) is 5.92 Å². The highest BCUT2D eigenvalue weighted by atomic mass is 16.2. The maximum atomic E-state index is 12.2. The molecule has 3 N–H and O–H groups in total. The first-order valence-electron chi connectivity index (χ1n) is 8.06. The molecule has 1 unspecified atom stereocenters. The van der Waals surface area contributed by atoms with Crippen LogP contribution in [0.1, 0.15) is 36.7 Å². The summed E-state index contributed by atoms with van der Waals surface area (Å²) >= 11 is 0. The number of nitrogens with zero attached hydrogens (tertiary/aromatic N) is 1. The van der Waals surface area contributed by atoms with Crippen molar-refractivity contribution in [3.63, 3.8) is 0 Å². The minimum Gasteiger partial charge on any atom is -0.355 e. The summed E-state index contributed by atoms with van der Waals surface area (Å²) in [6, 6.07) is 9.49. The zero-order valence-corrected chi connectivity index (χ0v) is 15.1. The lowest BCUT2D eigenvalue weighted by Crippen LogP contribution is -3.09. The van der Waals surface area contributed by atoms with Gasteiger partial charge in [-0.15, -0.1) is 0 Å². The molecule has 0 radical (unpaired) electrons. The molecule has 0 saturated heterocycles. The first kappa shape index (κ1) is 19.7. The molecule has 0 aromatic heterocycles. The lowest BCUT2D eigenvalue weighted by molar-refractivity contribution is -0.885. The van der Waals surface area contributed by atoms with Crippen LogP contribution in [0.4, 0.5) is 0 Å². The molecule has 24 heavy (non-hydrogen) atoms. The Balaban J connectivity index is 2.60. The van der Waals surface area contributed by atoms with Crippen molar-refractivity contribution in [2.75, 3.05) is 20.6 Å². The van der Waals surface area contributed by atoms with Crippen LogP contribution < -0.4 is 15.5 Å². The number of carbonyl (C=O) groups excluding carboxylic acids is 2. The zero-order valence-electron chi connectivity index (χ0n) is 15.1. The van der Waals surface area contributed by atoms with Gasteiger partial charge in [-0.1, -0.05) is 26.0 Å². The van der Waals surface area contributed by atoms with Gasteiger partial charge in [0.2, 0.25) is 0 Å². The number of nitriles is 1. The summed E-state index contributed by atoms with van der Waals surface area (Å²) in [5, 5.41) is 14.7. The van der Waals surface area contributed by atoms with E-state index in [0.29, 0.717) is 12.1 Å². The van der Waals surface area contributed by atoms with E-state index in [-0.39, 0.29) is 24.3 Å². The molecule has 0 aliphatic heterocycles. The van der Waals surface area contributed by atoms with Gasteiger partial charge in [0.15, 0.2) is 6.54 Å². The van der Waals surface area contributed by atoms with Crippen molar-refractivity contribution < 1.29 is 14.5 Å². The molecule has 1 aromatic carbocycles. The van der Waals surface area contributed by atoms with Crippen LogP contribution in [0.2, 0.25) is 0 Å². The second-order valence-corrected chi connectivity index (χ2v) is 6.60. The van der Waals surface area contributed by atoms with Crippen LogP contribution in [-0.4, -0.2) is 38.0 Å². The van der Waals surface area contributed by atoms with E-state index < -0.39 is 5.54 Å². The molecule has 130 valence electrons. The fourth-order valence-corrected chi connectivity index (χ4v) is 2.24. The minimum atomic E-state index is -0.855. The van der Waals surface area contributed by atoms with Gasteiger partial charge in [-0.25, -0.2) is 0 Å². The van der Waals surface area contributed by atoms with Crippen molar-refractivity contribution in [1.82, 2.24) is 10.6 Å². The quantitative estimate of drug-likeness (QED) is 0.663. The van der Waals surface area contributed by atoms with Crippen molar-refractivity contribution in [2.45, 2.75) is 32.9 Å². The van der Waals surface area contributed by atoms with Crippen molar-refractivity contribution >= 4 is 11.8 Å². The van der Waals surface area contributed by atoms with Crippen LogP contribution in [0.3, 0.4) is 0 Å². The molecule has 1 aromatic rings. The third kappa shape index (κ3) is 5.36. The van der Waals surface area contributed by atoms with E-state index in [2.05, 4.69) is 16.7 Å². The predicted octanol–water partition coefficient (Wildman–Crippen LogP) is 0.115. The first-order valence-corrected chi connectivity index (χ1v) is 8.06. The predicted molar refractivity (Wildman–Crippen MR) is 92.3 cm³/mol. The normalized spacial score (nSPS) is 14.4. The molecule has 0 aliphatic carbocycles. The summed E-state index contributed by atoms with van der Waals surface area (Å²) in [5.74, 6) is -0.234. The van der Waals surface area contributed by atoms with E-state index in [1.54, 1.807) is 26.1 Å². The Morgan fingerprint density at radius 2 is 1.88 bits per heavy atom. The molecule has 0 saturated carbocycles. The number of benzene rings is 1. The molecule has 0 spiro atoms. The maximum absolute atomic E-state index is 12.2. The van der Waals surface area contributed by atoms with Crippen LogP contribution in [0.25, 0.3) is 0 Å². The van der Waals surface area contributed by atoms with Crippen LogP contribution in [0, 0.1) is 17.2 Å². The third-order valence-electron chi connectivity index (χ3n) is 4.20. The molecule has 0 heterocycles. The maximum Gasteiger partial charge on any atom is 0.276 e. The van der Waals surface area contributed by atoms with E-state index >= 15 is 0 Å². The fraction of sp³-hybridized carbons (Fsp3) is 0.500. The summed E-state index contributed by atoms with van der Waals surface area (Å²) in [6.07, 6.45) is 0. The number of hydrogen-bond donors (Lipinski definition) is 3. The second-order valence-electron chi connectivity index (χ2n) is 6.60. The van der Waals surface area contributed by atoms with E-state index in [1.807, 2.05) is 33.0 Å². The van der Waals surface area contributed by atoms with Crippen molar-refractivity contribution in [3.8, 4) is 6.07 Å². The second kappa shape index (κ2) is 8.46. The summed E-state index contributed by atoms with van der Waals surface area (Å²) in [4.78, 5) is 24.7. The van der Waals surface area contributed by atoms with Crippen LogP contribution in [0.5, 0.6) is 0 Å². The van der Waals surface area contributed by atoms with Gasteiger partial charge in [-0.05, 0) is 25.0 Å². The van der Waals surface area contributed by atoms with Crippen molar-refractivity contribution in [1.29, 1.82) is 5.26 Å². The number of likely N-dealkylation sites (N-methyl/N-ethyl adjacent to an activating group) is 1. The largest absolute Gasteiger partial charge is 0.355 e. The van der Waals surface area contributed by atoms with Crippen LogP contribution >= 0.6 is 0 Å². The number of quaternary nitrogens is 1. The van der Waals surface area contributed by atoms with Gasteiger partial charge in [0, 0.05) is 18.2 Å². The monoisotopic (exact) mass is 331 g/mol. The Hall–Kier alpha value is -2.39. The average molecular weight is 331 g/mol. The Morgan fingerprint density at radius 3 is 2.33 bits per heavy atom. The van der Waals surface area contributed by atoms with Gasteiger partial charge < -0.3 is 15.5 Å². The van der Waals surface area contributed by atoms with Crippen molar-refractivity contribution in [3.05, 3.63) is 35.4 Å². The van der Waals surface area contributed by atoms with Gasteiger partial charge in [0.1, 0.15) is 12.1 Å². The minimum absolute atomic E-state index is 0.0315. The van der Waals surface area contributed by atoms with Crippen LogP contribution in [0.15, 0.2) is 24.3 Å². The topological polar surface area (TPSA) is 86.4 Å². The molecule has 2 atom stereocenters. The highest BCUT2D eigenvalue weighted by Crippen LogP contribution is 2.14. The highest BCUT2D eigenvalue weighted by Gasteiger charge is 2.30. The summed E-state index contributed by atoms with van der Waals surface area (Å²) in [5.41, 5.74) is 0.796. The number of nitrogens with one attached hydrogen (secondary N) is 3. The smallest absolute Gasteiger partial charge is 0.276 e. The van der Waals surface area contributed by atoms with E-state index in [1.165, 1.54) is 0 Å². The molecule has 0 aliphatic rings. The average Bonchev–Trinajstić information content (AvgIpc) is 2.54. The zero-order chi connectivity index (χ0) is 18.3. The molecule has 1 rings (SSSR count). The molecule has 0 bridgehead atoms. The van der Waals surface area contributed by atoms with E-state index in [4.69, 9.17) is 0 Å². The fourth-order valence-electron chi connectivity index (χ4n) is 2.24. The standard InChI is InChI=1S/C18H26N4O2/c1-13(2)18(3,12-19)21-16(23)11-22(5)10-14-6-8-15(9-7-14)17(24)20-4/h6-9,13H,10-11H2,1-5H3,(H,20,24)(H,21,23)/p+1/t18-/m0/s1. The molecule has 6 heteroatoms. The number of hydrogen-bond acceptors (Lipinski definition) is 3. The molecule has 2 amide bonds. The van der Waals surface area contributed by atoms with Gasteiger partial charge in [0.05, 0.1) is 13.1 Å². The van der Waals surface area contributed by atoms with Gasteiger partial charge in [-0.2, -0.15) is 5.26 Å². The Bertz CT molecular complexity index is 619. The Labute approximate surface area is 143 Å². The summed E-state index contributed by atoms with van der Waals surface area (Å²) < 4.78 is 0. The Morgan fingerprint density at radius 1 is 1.29 bits per heavy atom. The SMILES string of the molecule is CNC(=O)c1ccc(C[NH+](C)CC(=O)N[C@@](C)(C#N)C(C)C)cc1. The number of rotatable bonds is 7. The van der Waals surface area contributed by atoms with E-state index in [9.17, 15) is 14.9 Å². The molecule has 6 nitrogen and oxygen atoms in total. The number of amides is 2. The Kier molecular flexibility index (Phi) is 6.93. The summed E-state index contributed by atoms with van der Waals surface area (Å²) in [7, 11) is 3.52. The van der Waals surface area contributed by atoms with Gasteiger partial charge in [-0.3, -0.25) is 9.59 Å². The van der Waals surface area contributed by atoms with Gasteiger partial charge in [0.25, 0.3) is 11.8 Å². The third-order valence-corrected chi connectivity index (χ3v) is 4.20. The summed E-state index contributed by atoms with van der Waals surface area (Å²) in [6.45, 7) is 6.50. The molecular formula is C18H27N4O2+. The lowest BCUT2D eigenvalue weighted by atomic mass is 9.90. The number of carbonyl (C=O) groups is 2. The van der Waals surface area contributed by atoms with Crippen LogP contribution in [-0.2, 0) is 11.3 Å². The van der Waals surface area contributed by atoms with Gasteiger partial charge >= 0.3 is 0 Å². The highest BCUT2D eigenvalue weighted by molar-refractivity contribution is 5.93. The van der Waals surface area contributed by atoms with E-state index in [0.717, 1.165) is 10.5 Å².